The average molecular weight is 548 g/mol. The molecule has 4 N–H and O–H groups in total. The number of aliphatic hydroxyl groups excluding tert-OH is 1. The number of hydrogen-bond acceptors (Lipinski definition) is 7. The maximum atomic E-state index is 15.1. The highest BCUT2D eigenvalue weighted by Gasteiger charge is 2.25. The summed E-state index contributed by atoms with van der Waals surface area (Å²) in [6.07, 6.45) is 3.78. The smallest absolute Gasteiger partial charge is 0.265 e. The van der Waals surface area contributed by atoms with Gasteiger partial charge in [0.25, 0.3) is 12.0 Å². The lowest BCUT2D eigenvalue weighted by molar-refractivity contribution is 0.122. The SMILES string of the molecule is Nc1cc(-c2cccc(-n3ccc4cc(C5CC5)cc(F)c4c3=O)c2CO)nc(Nc2cnn(CC(F)F)c2)n1. The minimum Gasteiger partial charge on any atom is -0.392 e. The van der Waals surface area contributed by atoms with Crippen LogP contribution in [0.25, 0.3) is 27.7 Å². The van der Waals surface area contributed by atoms with Crippen molar-refractivity contribution in [1.29, 1.82) is 0 Å². The quantitative estimate of drug-likeness (QED) is 0.256. The summed E-state index contributed by atoms with van der Waals surface area (Å²) in [6, 6.07) is 11.5. The molecule has 1 aliphatic carbocycles. The van der Waals surface area contributed by atoms with E-state index in [1.807, 2.05) is 6.07 Å². The van der Waals surface area contributed by atoms with E-state index in [0.29, 0.717) is 39.5 Å². The second kappa shape index (κ2) is 10.1. The van der Waals surface area contributed by atoms with Gasteiger partial charge in [0, 0.05) is 29.6 Å². The molecule has 0 saturated heterocycles. The Morgan fingerprint density at radius 2 is 1.98 bits per heavy atom. The zero-order valence-corrected chi connectivity index (χ0v) is 21.1. The number of nitrogen functional groups attached to an aromatic ring is 1. The first kappa shape index (κ1) is 25.6. The summed E-state index contributed by atoms with van der Waals surface area (Å²) in [5, 5.41) is 17.7. The Labute approximate surface area is 225 Å². The number of rotatable bonds is 8. The van der Waals surface area contributed by atoms with Crippen LogP contribution in [0, 0.1) is 5.82 Å². The van der Waals surface area contributed by atoms with Gasteiger partial charge in [-0.3, -0.25) is 14.0 Å². The van der Waals surface area contributed by atoms with Gasteiger partial charge in [-0.25, -0.2) is 18.2 Å². The molecule has 3 aromatic heterocycles. The van der Waals surface area contributed by atoms with Crippen LogP contribution in [0.4, 0.5) is 30.6 Å². The zero-order valence-electron chi connectivity index (χ0n) is 21.1. The highest BCUT2D eigenvalue weighted by molar-refractivity contribution is 5.84. The molecule has 1 fully saturated rings. The van der Waals surface area contributed by atoms with Crippen LogP contribution in [0.1, 0.15) is 29.9 Å². The molecule has 3 heterocycles. The van der Waals surface area contributed by atoms with Gasteiger partial charge in [-0.1, -0.05) is 18.2 Å². The number of halogens is 3. The molecule has 0 spiro atoms. The van der Waals surface area contributed by atoms with Gasteiger partial charge in [0.1, 0.15) is 18.2 Å². The van der Waals surface area contributed by atoms with Crippen molar-refractivity contribution in [2.24, 2.45) is 0 Å². The molecule has 0 unspecified atom stereocenters. The van der Waals surface area contributed by atoms with Crippen LogP contribution < -0.4 is 16.6 Å². The van der Waals surface area contributed by atoms with E-state index in [-0.39, 0.29) is 17.2 Å². The van der Waals surface area contributed by atoms with Crippen LogP contribution in [-0.4, -0.2) is 35.8 Å². The lowest BCUT2D eigenvalue weighted by Crippen LogP contribution is -2.20. The van der Waals surface area contributed by atoms with Crippen LogP contribution in [0.2, 0.25) is 0 Å². The molecule has 0 radical (unpaired) electrons. The fraction of sp³-hybridized carbons (Fsp3) is 0.214. The number of aromatic nitrogens is 5. The number of aliphatic hydroxyl groups is 1. The molecule has 5 aromatic rings. The van der Waals surface area contributed by atoms with Crippen molar-refractivity contribution < 1.29 is 18.3 Å². The number of fused-ring (bicyclic) bond motifs is 1. The maximum Gasteiger partial charge on any atom is 0.265 e. The number of hydrogen-bond donors (Lipinski definition) is 3. The Morgan fingerprint density at radius 3 is 2.73 bits per heavy atom. The van der Waals surface area contributed by atoms with Crippen LogP contribution in [0.3, 0.4) is 0 Å². The molecule has 12 heteroatoms. The zero-order chi connectivity index (χ0) is 28.0. The maximum absolute atomic E-state index is 15.1. The summed E-state index contributed by atoms with van der Waals surface area (Å²) < 4.78 is 42.8. The molecule has 2 aromatic carbocycles. The number of anilines is 3. The van der Waals surface area contributed by atoms with E-state index in [4.69, 9.17) is 5.73 Å². The number of nitrogens with two attached hydrogens (primary N) is 1. The van der Waals surface area contributed by atoms with E-state index >= 15 is 4.39 Å². The summed E-state index contributed by atoms with van der Waals surface area (Å²) in [7, 11) is 0. The summed E-state index contributed by atoms with van der Waals surface area (Å²) in [6.45, 7) is -1.01. The molecule has 204 valence electrons. The molecule has 0 atom stereocenters. The van der Waals surface area contributed by atoms with Gasteiger partial charge in [0.05, 0.1) is 35.3 Å². The van der Waals surface area contributed by atoms with E-state index in [1.165, 1.54) is 29.1 Å². The molecule has 1 saturated carbocycles. The third-order valence-electron chi connectivity index (χ3n) is 6.83. The average Bonchev–Trinajstić information content (AvgIpc) is 3.68. The van der Waals surface area contributed by atoms with Crippen molar-refractivity contribution >= 4 is 28.2 Å². The number of nitrogens with one attached hydrogen (secondary N) is 1. The fourth-order valence-electron chi connectivity index (χ4n) is 4.86. The lowest BCUT2D eigenvalue weighted by Gasteiger charge is -2.16. The van der Waals surface area contributed by atoms with Crippen molar-refractivity contribution in [3.63, 3.8) is 0 Å². The number of pyridine rings is 1. The third-order valence-corrected chi connectivity index (χ3v) is 6.83. The first-order valence-electron chi connectivity index (χ1n) is 12.6. The highest BCUT2D eigenvalue weighted by atomic mass is 19.3. The minimum absolute atomic E-state index is 0.0219. The standard InChI is InChI=1S/C28H24F3N7O2/c29-21-9-17(15-4-5-15)8-16-6-7-38(27(40)26(16)21)23-3-1-2-19(20(23)14-39)22-10-25(32)36-28(35-22)34-18-11-33-37(12-18)13-24(30)31/h1-3,6-12,15,24,39H,4-5,13-14H2,(H3,32,34,35,36). The first-order valence-corrected chi connectivity index (χ1v) is 12.6. The minimum atomic E-state index is -2.56. The second-order valence-corrected chi connectivity index (χ2v) is 9.66. The van der Waals surface area contributed by atoms with Gasteiger partial charge in [-0.2, -0.15) is 10.1 Å². The molecule has 0 bridgehead atoms. The Bertz CT molecular complexity index is 1800. The van der Waals surface area contributed by atoms with Crippen LogP contribution in [0.15, 0.2) is 65.8 Å². The van der Waals surface area contributed by atoms with Crippen molar-refractivity contribution in [1.82, 2.24) is 24.3 Å². The van der Waals surface area contributed by atoms with Gasteiger partial charge in [-0.15, -0.1) is 0 Å². The molecule has 0 amide bonds. The molecule has 6 rings (SSSR count). The monoisotopic (exact) mass is 547 g/mol. The predicted molar refractivity (Wildman–Crippen MR) is 144 cm³/mol. The van der Waals surface area contributed by atoms with Crippen LogP contribution in [-0.2, 0) is 13.2 Å². The predicted octanol–water partition coefficient (Wildman–Crippen LogP) is 4.74. The van der Waals surface area contributed by atoms with Gasteiger partial charge in [0.2, 0.25) is 5.95 Å². The van der Waals surface area contributed by atoms with Gasteiger partial charge < -0.3 is 16.2 Å². The largest absolute Gasteiger partial charge is 0.392 e. The Kier molecular flexibility index (Phi) is 6.46. The van der Waals surface area contributed by atoms with Gasteiger partial charge in [0.15, 0.2) is 0 Å². The molecular weight excluding hydrogens is 523 g/mol. The van der Waals surface area contributed by atoms with Crippen LogP contribution in [0.5, 0.6) is 0 Å². The highest BCUT2D eigenvalue weighted by Crippen LogP contribution is 2.41. The number of alkyl halides is 2. The second-order valence-electron chi connectivity index (χ2n) is 9.66. The first-order chi connectivity index (χ1) is 19.3. The van der Waals surface area contributed by atoms with Crippen LogP contribution >= 0.6 is 0 Å². The topological polar surface area (TPSA) is 124 Å². The van der Waals surface area contributed by atoms with E-state index in [9.17, 15) is 18.7 Å². The molecule has 1 aliphatic rings. The fourth-order valence-corrected chi connectivity index (χ4v) is 4.86. The Morgan fingerprint density at radius 1 is 1.15 bits per heavy atom. The third kappa shape index (κ3) is 4.89. The van der Waals surface area contributed by atoms with Gasteiger partial charge in [-0.05, 0) is 47.9 Å². The summed E-state index contributed by atoms with van der Waals surface area (Å²) in [4.78, 5) is 22.1. The summed E-state index contributed by atoms with van der Waals surface area (Å²) >= 11 is 0. The molecule has 40 heavy (non-hydrogen) atoms. The van der Waals surface area contributed by atoms with Crippen molar-refractivity contribution in [3.05, 3.63) is 88.4 Å². The van der Waals surface area contributed by atoms with Crippen molar-refractivity contribution in [2.45, 2.75) is 38.3 Å². The Hall–Kier alpha value is -4.71. The lowest BCUT2D eigenvalue weighted by atomic mass is 10.0. The van der Waals surface area contributed by atoms with E-state index in [2.05, 4.69) is 20.4 Å². The summed E-state index contributed by atoms with van der Waals surface area (Å²) in [5.74, 6) is -0.0420. The van der Waals surface area contributed by atoms with Gasteiger partial charge >= 0.3 is 0 Å². The molecule has 0 aliphatic heterocycles. The molecular formula is C28H24F3N7O2. The number of benzene rings is 2. The van der Waals surface area contributed by atoms with E-state index in [0.717, 1.165) is 23.1 Å². The Balaban J connectivity index is 1.40. The number of nitrogens with zero attached hydrogens (tertiary/aromatic N) is 5. The van der Waals surface area contributed by atoms with E-state index < -0.39 is 31.0 Å². The molecule has 9 nitrogen and oxygen atoms in total. The van der Waals surface area contributed by atoms with E-state index in [1.54, 1.807) is 30.5 Å². The normalized spacial score (nSPS) is 13.3. The van der Waals surface area contributed by atoms with Crippen molar-refractivity contribution in [2.75, 3.05) is 11.1 Å². The van der Waals surface area contributed by atoms with Crippen molar-refractivity contribution in [3.8, 4) is 16.9 Å². The summed E-state index contributed by atoms with van der Waals surface area (Å²) in [5.41, 5.74) is 8.30.